The zero-order valence-corrected chi connectivity index (χ0v) is 12.7. The van der Waals surface area contributed by atoms with E-state index in [2.05, 4.69) is 0 Å². The first kappa shape index (κ1) is 16.2. The molecule has 0 amide bonds. The number of rotatable bonds is 7. The van der Waals surface area contributed by atoms with Gasteiger partial charge < -0.3 is 14.9 Å². The largest absolute Gasteiger partial charge is 0.465 e. The van der Waals surface area contributed by atoms with E-state index in [9.17, 15) is 8.42 Å². The lowest BCUT2D eigenvalue weighted by atomic mass is 10.2. The fourth-order valence-electron chi connectivity index (χ4n) is 1.99. The second-order valence-corrected chi connectivity index (χ2v) is 6.38. The molecule has 0 bridgehead atoms. The molecule has 0 aliphatic rings. The molecule has 1 aromatic heterocycles. The summed E-state index contributed by atoms with van der Waals surface area (Å²) >= 11 is 0. The van der Waals surface area contributed by atoms with Crippen LogP contribution in [-0.2, 0) is 21.3 Å². The lowest BCUT2D eigenvalue weighted by Crippen LogP contribution is -2.29. The number of hydrogen-bond donors (Lipinski definition) is 1. The summed E-state index contributed by atoms with van der Waals surface area (Å²) in [6, 6.07) is 0. The van der Waals surface area contributed by atoms with Gasteiger partial charge in [0, 0.05) is 39.4 Å². The van der Waals surface area contributed by atoms with Crippen molar-refractivity contribution >= 4 is 10.0 Å². The molecule has 0 aliphatic heterocycles. The normalized spacial score (nSPS) is 12.3. The summed E-state index contributed by atoms with van der Waals surface area (Å²) in [7, 11) is -0.431. The average Bonchev–Trinajstić information content (AvgIpc) is 2.64. The third-order valence-electron chi connectivity index (χ3n) is 3.02. The molecule has 110 valence electrons. The van der Waals surface area contributed by atoms with Gasteiger partial charge in [-0.1, -0.05) is 0 Å². The second kappa shape index (κ2) is 6.51. The van der Waals surface area contributed by atoms with Gasteiger partial charge in [0.15, 0.2) is 0 Å². The first-order valence-corrected chi connectivity index (χ1v) is 7.54. The summed E-state index contributed by atoms with van der Waals surface area (Å²) in [5, 5.41) is 0. The Balaban J connectivity index is 3.06. The van der Waals surface area contributed by atoms with Gasteiger partial charge in [0.2, 0.25) is 10.0 Å². The van der Waals surface area contributed by atoms with E-state index in [0.717, 1.165) is 0 Å². The maximum absolute atomic E-state index is 12.5. The van der Waals surface area contributed by atoms with Gasteiger partial charge >= 0.3 is 0 Å². The van der Waals surface area contributed by atoms with Crippen molar-refractivity contribution in [2.75, 3.05) is 27.3 Å². The predicted molar refractivity (Wildman–Crippen MR) is 72.4 cm³/mol. The summed E-state index contributed by atoms with van der Waals surface area (Å²) in [5.41, 5.74) is 6.17. The molecule has 0 aromatic carbocycles. The van der Waals surface area contributed by atoms with E-state index >= 15 is 0 Å². The smallest absolute Gasteiger partial charge is 0.246 e. The van der Waals surface area contributed by atoms with Crippen LogP contribution in [0.25, 0.3) is 0 Å². The molecule has 0 saturated heterocycles. The minimum atomic E-state index is -3.57. The number of methoxy groups -OCH3 is 1. The summed E-state index contributed by atoms with van der Waals surface area (Å²) in [5.74, 6) is 0.945. The predicted octanol–water partition coefficient (Wildman–Crippen LogP) is 1.01. The van der Waals surface area contributed by atoms with Gasteiger partial charge in [-0.25, -0.2) is 12.7 Å². The molecule has 0 unspecified atom stereocenters. The second-order valence-electron chi connectivity index (χ2n) is 4.40. The van der Waals surface area contributed by atoms with E-state index in [1.807, 2.05) is 0 Å². The summed E-state index contributed by atoms with van der Waals surface area (Å²) in [4.78, 5) is 0.201. The molecule has 0 radical (unpaired) electrons. The van der Waals surface area contributed by atoms with E-state index in [-0.39, 0.29) is 11.4 Å². The number of hydrogen-bond acceptors (Lipinski definition) is 5. The summed E-state index contributed by atoms with van der Waals surface area (Å²) in [6.45, 7) is 4.42. The van der Waals surface area contributed by atoms with Crippen LogP contribution in [0.15, 0.2) is 9.31 Å². The number of nitrogens with two attached hydrogens (primary N) is 1. The SMILES string of the molecule is COCCCN(C)S(=O)(=O)c1c(C)oc(C)c1CN. The Hall–Kier alpha value is -0.890. The molecule has 19 heavy (non-hydrogen) atoms. The maximum atomic E-state index is 12.5. The van der Waals surface area contributed by atoms with Crippen LogP contribution in [0.1, 0.15) is 23.5 Å². The number of furan rings is 1. The van der Waals surface area contributed by atoms with Crippen molar-refractivity contribution in [3.63, 3.8) is 0 Å². The molecular weight excluding hydrogens is 268 g/mol. The quantitative estimate of drug-likeness (QED) is 0.757. The third-order valence-corrected chi connectivity index (χ3v) is 5.07. The number of nitrogens with zero attached hydrogens (tertiary/aromatic N) is 1. The summed E-state index contributed by atoms with van der Waals surface area (Å²) in [6.07, 6.45) is 0.639. The Kier molecular flexibility index (Phi) is 5.54. The molecule has 7 heteroatoms. The highest BCUT2D eigenvalue weighted by Gasteiger charge is 2.29. The molecule has 0 atom stereocenters. The van der Waals surface area contributed by atoms with Gasteiger partial charge in [-0.15, -0.1) is 0 Å². The zero-order chi connectivity index (χ0) is 14.6. The van der Waals surface area contributed by atoms with Crippen molar-refractivity contribution in [3.05, 3.63) is 17.1 Å². The van der Waals surface area contributed by atoms with Crippen LogP contribution in [0.5, 0.6) is 0 Å². The molecule has 2 N–H and O–H groups in total. The Morgan fingerprint density at radius 3 is 2.47 bits per heavy atom. The Morgan fingerprint density at radius 2 is 1.95 bits per heavy atom. The Morgan fingerprint density at radius 1 is 1.32 bits per heavy atom. The van der Waals surface area contributed by atoms with Crippen molar-refractivity contribution in [1.82, 2.24) is 4.31 Å². The van der Waals surface area contributed by atoms with E-state index in [1.165, 1.54) is 4.31 Å². The molecular formula is C12H22N2O4S. The average molecular weight is 290 g/mol. The van der Waals surface area contributed by atoms with E-state index < -0.39 is 10.0 Å². The topological polar surface area (TPSA) is 85.8 Å². The Labute approximate surface area is 114 Å². The number of ether oxygens (including phenoxy) is 1. The first-order valence-electron chi connectivity index (χ1n) is 6.10. The lowest BCUT2D eigenvalue weighted by Gasteiger charge is -2.17. The van der Waals surface area contributed by atoms with Crippen LogP contribution in [0.4, 0.5) is 0 Å². The van der Waals surface area contributed by atoms with Gasteiger partial charge in [-0.05, 0) is 20.3 Å². The van der Waals surface area contributed by atoms with Crippen LogP contribution in [-0.4, -0.2) is 40.0 Å². The highest BCUT2D eigenvalue weighted by molar-refractivity contribution is 7.89. The maximum Gasteiger partial charge on any atom is 0.246 e. The van der Waals surface area contributed by atoms with E-state index in [1.54, 1.807) is 28.0 Å². The number of sulfonamides is 1. The van der Waals surface area contributed by atoms with Crippen LogP contribution in [0.3, 0.4) is 0 Å². The van der Waals surface area contributed by atoms with E-state index in [4.69, 9.17) is 14.9 Å². The van der Waals surface area contributed by atoms with Crippen molar-refractivity contribution < 1.29 is 17.6 Å². The molecule has 1 heterocycles. The van der Waals surface area contributed by atoms with Crippen LogP contribution < -0.4 is 5.73 Å². The minimum Gasteiger partial charge on any atom is -0.465 e. The monoisotopic (exact) mass is 290 g/mol. The Bertz CT molecular complexity index is 522. The summed E-state index contributed by atoms with van der Waals surface area (Å²) < 4.78 is 36.6. The minimum absolute atomic E-state index is 0.143. The zero-order valence-electron chi connectivity index (χ0n) is 11.9. The molecule has 0 aliphatic carbocycles. The molecule has 1 aromatic rings. The van der Waals surface area contributed by atoms with Gasteiger partial charge in [0.1, 0.15) is 16.4 Å². The van der Waals surface area contributed by atoms with Crippen LogP contribution in [0.2, 0.25) is 0 Å². The van der Waals surface area contributed by atoms with Crippen molar-refractivity contribution in [2.24, 2.45) is 5.73 Å². The number of aryl methyl sites for hydroxylation is 2. The third kappa shape index (κ3) is 3.36. The molecule has 0 spiro atoms. The molecule has 1 rings (SSSR count). The van der Waals surface area contributed by atoms with Crippen LogP contribution >= 0.6 is 0 Å². The van der Waals surface area contributed by atoms with Gasteiger partial charge in [0.05, 0.1) is 0 Å². The molecule has 6 nitrogen and oxygen atoms in total. The standard InChI is InChI=1S/C12H22N2O4S/c1-9-11(8-13)12(10(2)18-9)19(15,16)14(3)6-5-7-17-4/h5-8,13H2,1-4H3. The van der Waals surface area contributed by atoms with Crippen molar-refractivity contribution in [1.29, 1.82) is 0 Å². The first-order chi connectivity index (χ1) is 8.86. The van der Waals surface area contributed by atoms with Gasteiger partial charge in [-0.2, -0.15) is 0 Å². The highest BCUT2D eigenvalue weighted by atomic mass is 32.2. The lowest BCUT2D eigenvalue weighted by molar-refractivity contribution is 0.189. The molecule has 0 fully saturated rings. The van der Waals surface area contributed by atoms with E-state index in [0.29, 0.717) is 36.7 Å². The molecule has 0 saturated carbocycles. The van der Waals surface area contributed by atoms with Crippen molar-refractivity contribution in [2.45, 2.75) is 31.7 Å². The van der Waals surface area contributed by atoms with Gasteiger partial charge in [-0.3, -0.25) is 0 Å². The fraction of sp³-hybridized carbons (Fsp3) is 0.667. The van der Waals surface area contributed by atoms with Crippen molar-refractivity contribution in [3.8, 4) is 0 Å². The van der Waals surface area contributed by atoms with Gasteiger partial charge in [0.25, 0.3) is 0 Å². The highest BCUT2D eigenvalue weighted by Crippen LogP contribution is 2.28. The fourth-order valence-corrected chi connectivity index (χ4v) is 3.62. The van der Waals surface area contributed by atoms with Crippen LogP contribution in [0, 0.1) is 13.8 Å².